The first-order chi connectivity index (χ1) is 18.2. The lowest BCUT2D eigenvalue weighted by Gasteiger charge is -2.16. The molecule has 1 aliphatic carbocycles. The van der Waals surface area contributed by atoms with Crippen LogP contribution in [0.15, 0.2) is 84.9 Å². The summed E-state index contributed by atoms with van der Waals surface area (Å²) in [5.41, 5.74) is 3.32. The maximum absolute atomic E-state index is 4.77. The van der Waals surface area contributed by atoms with E-state index >= 15 is 0 Å². The fourth-order valence-corrected chi connectivity index (χ4v) is 4.25. The van der Waals surface area contributed by atoms with Gasteiger partial charge in [0.2, 0.25) is 5.95 Å². The van der Waals surface area contributed by atoms with Crippen molar-refractivity contribution < 1.29 is 0 Å². The van der Waals surface area contributed by atoms with E-state index in [2.05, 4.69) is 52.6 Å². The Kier molecular flexibility index (Phi) is 12.8. The minimum absolute atomic E-state index is 0.714. The number of aryl methyl sites for hydroxylation is 1. The average molecular weight is 516 g/mol. The van der Waals surface area contributed by atoms with E-state index in [1.807, 2.05) is 67.9 Å². The van der Waals surface area contributed by atoms with E-state index in [0.717, 1.165) is 34.9 Å². The number of hydrogen-bond donors (Lipinski definition) is 3. The molecule has 5 nitrogen and oxygen atoms in total. The van der Waals surface area contributed by atoms with Crippen molar-refractivity contribution in [2.75, 3.05) is 30.5 Å². The molecule has 1 aliphatic rings. The Hall–Kier alpha value is -3.09. The molecule has 0 saturated heterocycles. The van der Waals surface area contributed by atoms with E-state index in [0.29, 0.717) is 5.95 Å². The van der Waals surface area contributed by atoms with Crippen molar-refractivity contribution in [3.05, 3.63) is 90.5 Å². The van der Waals surface area contributed by atoms with Gasteiger partial charge in [0.05, 0.1) is 5.52 Å². The van der Waals surface area contributed by atoms with Gasteiger partial charge in [0.1, 0.15) is 5.82 Å². The van der Waals surface area contributed by atoms with Crippen molar-refractivity contribution >= 4 is 40.3 Å². The average Bonchev–Trinajstić information content (AvgIpc) is 3.22. The largest absolute Gasteiger partial charge is 0.354 e. The molecule has 37 heavy (non-hydrogen) atoms. The molecule has 3 N–H and O–H groups in total. The van der Waals surface area contributed by atoms with Gasteiger partial charge < -0.3 is 10.6 Å². The molecule has 5 rings (SSSR count). The van der Waals surface area contributed by atoms with E-state index in [-0.39, 0.29) is 0 Å². The van der Waals surface area contributed by atoms with Crippen LogP contribution in [0.3, 0.4) is 0 Å². The van der Waals surface area contributed by atoms with Gasteiger partial charge in [-0.1, -0.05) is 104 Å². The molecule has 0 unspecified atom stereocenters. The molecule has 6 heteroatoms. The number of aromatic nitrogens is 2. The van der Waals surface area contributed by atoms with Crippen molar-refractivity contribution in [2.24, 2.45) is 5.92 Å². The van der Waals surface area contributed by atoms with Crippen LogP contribution in [-0.4, -0.2) is 29.8 Å². The summed E-state index contributed by atoms with van der Waals surface area (Å²) in [5.74, 6) is 2.30. The Bertz CT molecular complexity index is 1140. The summed E-state index contributed by atoms with van der Waals surface area (Å²) in [6.45, 7) is 3.04. The lowest BCUT2D eigenvalue weighted by Crippen LogP contribution is -2.15. The molecule has 0 atom stereocenters. The molecular weight excluding hydrogens is 474 g/mol. The molecule has 1 fully saturated rings. The zero-order chi connectivity index (χ0) is 26.1. The number of nitrogens with zero attached hydrogens (tertiary/aromatic N) is 2. The molecule has 0 bridgehead atoms. The Morgan fingerprint density at radius 3 is 1.97 bits per heavy atom. The van der Waals surface area contributed by atoms with Crippen LogP contribution in [0.4, 0.5) is 17.5 Å². The molecule has 196 valence electrons. The van der Waals surface area contributed by atoms with Crippen LogP contribution in [-0.2, 0) is 0 Å². The Morgan fingerprint density at radius 2 is 1.38 bits per heavy atom. The predicted octanol–water partition coefficient (Wildman–Crippen LogP) is 8.23. The van der Waals surface area contributed by atoms with Gasteiger partial charge in [-0.3, -0.25) is 4.72 Å². The number of para-hydroxylation sites is 2. The topological polar surface area (TPSA) is 61.9 Å². The molecule has 0 amide bonds. The van der Waals surface area contributed by atoms with Crippen LogP contribution >= 0.6 is 11.9 Å². The zero-order valence-corrected chi connectivity index (χ0v) is 23.2. The maximum atomic E-state index is 4.77. The standard InChI is InChI=1S/C22H26N4.C7H8.C2H7NS/c1-2-5-11-17(10-4-1)16-23-22-25-20-15-9-8-14-19(20)21(26-22)24-18-12-6-3-7-13-18;1-7-5-3-2-4-6-7;1-3-4-2/h3,6-9,12-15,17H,1-2,4-5,10-11,16H2,(H2,23,24,25,26);2-6H,1H3;3H,1-2H3. The van der Waals surface area contributed by atoms with E-state index < -0.39 is 0 Å². The van der Waals surface area contributed by atoms with E-state index in [1.165, 1.54) is 44.1 Å². The third-order valence-corrected chi connectivity index (χ3v) is 6.72. The third kappa shape index (κ3) is 10.4. The van der Waals surface area contributed by atoms with Crippen LogP contribution in [0.25, 0.3) is 10.9 Å². The van der Waals surface area contributed by atoms with Gasteiger partial charge in [0.25, 0.3) is 0 Å². The molecule has 0 spiro atoms. The Morgan fingerprint density at radius 1 is 0.784 bits per heavy atom. The van der Waals surface area contributed by atoms with Crippen molar-refractivity contribution in [1.82, 2.24) is 14.7 Å². The highest BCUT2D eigenvalue weighted by Crippen LogP contribution is 2.26. The zero-order valence-electron chi connectivity index (χ0n) is 22.4. The van der Waals surface area contributed by atoms with Crippen LogP contribution in [0.2, 0.25) is 0 Å². The molecule has 1 heterocycles. The first kappa shape index (κ1) is 28.5. The maximum Gasteiger partial charge on any atom is 0.225 e. The summed E-state index contributed by atoms with van der Waals surface area (Å²) in [4.78, 5) is 9.49. The number of anilines is 3. The SMILES string of the molecule is CNSC.Cc1ccccc1.c1ccc(Nc2nc(NCC3CCCCCC3)nc3ccccc23)cc1. The summed E-state index contributed by atoms with van der Waals surface area (Å²) in [7, 11) is 1.89. The fourth-order valence-electron chi connectivity index (χ4n) is 4.25. The second-order valence-electron chi connectivity index (χ2n) is 9.21. The van der Waals surface area contributed by atoms with Gasteiger partial charge in [-0.2, -0.15) is 4.98 Å². The molecule has 0 radical (unpaired) electrons. The highest BCUT2D eigenvalue weighted by atomic mass is 32.2. The van der Waals surface area contributed by atoms with Crippen LogP contribution < -0.4 is 15.4 Å². The third-order valence-electron chi connectivity index (χ3n) is 6.31. The highest BCUT2D eigenvalue weighted by Gasteiger charge is 2.13. The van der Waals surface area contributed by atoms with E-state index in [9.17, 15) is 0 Å². The summed E-state index contributed by atoms with van der Waals surface area (Å²) >= 11 is 1.61. The summed E-state index contributed by atoms with van der Waals surface area (Å²) < 4.78 is 2.85. The molecule has 3 aromatic carbocycles. The summed E-state index contributed by atoms with van der Waals surface area (Å²) in [5, 5.41) is 7.98. The number of hydrogen-bond acceptors (Lipinski definition) is 6. The summed E-state index contributed by atoms with van der Waals surface area (Å²) in [6.07, 6.45) is 10.1. The lowest BCUT2D eigenvalue weighted by molar-refractivity contribution is 0.482. The quantitative estimate of drug-likeness (QED) is 0.178. The number of benzene rings is 3. The van der Waals surface area contributed by atoms with Crippen molar-refractivity contribution in [3.63, 3.8) is 0 Å². The number of rotatable bonds is 6. The normalized spacial score (nSPS) is 13.4. The Labute approximate surface area is 227 Å². The summed E-state index contributed by atoms with van der Waals surface area (Å²) in [6, 6.07) is 28.6. The first-order valence-corrected chi connectivity index (χ1v) is 14.5. The Balaban J connectivity index is 0.000000289. The predicted molar refractivity (Wildman–Crippen MR) is 163 cm³/mol. The van der Waals surface area contributed by atoms with Crippen molar-refractivity contribution in [3.8, 4) is 0 Å². The van der Waals surface area contributed by atoms with Gasteiger partial charge >= 0.3 is 0 Å². The van der Waals surface area contributed by atoms with Gasteiger partial charge in [-0.05, 0) is 63.3 Å². The van der Waals surface area contributed by atoms with Gasteiger partial charge in [-0.15, -0.1) is 0 Å². The molecule has 4 aromatic rings. The molecule has 0 aliphatic heterocycles. The lowest BCUT2D eigenvalue weighted by atomic mass is 10.0. The number of nitrogens with one attached hydrogen (secondary N) is 3. The van der Waals surface area contributed by atoms with Crippen molar-refractivity contribution in [1.29, 1.82) is 0 Å². The van der Waals surface area contributed by atoms with Crippen LogP contribution in [0, 0.1) is 12.8 Å². The van der Waals surface area contributed by atoms with Gasteiger partial charge in [0.15, 0.2) is 0 Å². The second kappa shape index (κ2) is 16.6. The van der Waals surface area contributed by atoms with Gasteiger partial charge in [0, 0.05) is 17.6 Å². The first-order valence-electron chi connectivity index (χ1n) is 13.2. The van der Waals surface area contributed by atoms with Crippen LogP contribution in [0.1, 0.15) is 44.1 Å². The van der Waals surface area contributed by atoms with E-state index in [4.69, 9.17) is 9.97 Å². The number of fused-ring (bicyclic) bond motifs is 1. The van der Waals surface area contributed by atoms with Crippen molar-refractivity contribution in [2.45, 2.75) is 45.4 Å². The smallest absolute Gasteiger partial charge is 0.225 e. The van der Waals surface area contributed by atoms with E-state index in [1.54, 1.807) is 11.9 Å². The monoisotopic (exact) mass is 515 g/mol. The highest BCUT2D eigenvalue weighted by molar-refractivity contribution is 7.96. The fraction of sp³-hybridized carbons (Fsp3) is 0.355. The minimum Gasteiger partial charge on any atom is -0.354 e. The molecule has 1 saturated carbocycles. The van der Waals surface area contributed by atoms with Crippen LogP contribution in [0.5, 0.6) is 0 Å². The van der Waals surface area contributed by atoms with Gasteiger partial charge in [-0.25, -0.2) is 4.98 Å². The molecular formula is C31H41N5S. The minimum atomic E-state index is 0.714. The second-order valence-corrected chi connectivity index (χ2v) is 10.0. The molecule has 1 aromatic heterocycles.